The van der Waals surface area contributed by atoms with E-state index in [9.17, 15) is 9.59 Å². The average molecular weight is 309 g/mol. The Balaban J connectivity index is 2.01. The largest absolute Gasteiger partial charge is 0.468 e. The van der Waals surface area contributed by atoms with Gasteiger partial charge in [-0.3, -0.25) is 14.9 Å². The number of carbonyl (C=O) groups excluding carboxylic acids is 2. The minimum absolute atomic E-state index is 0.111. The van der Waals surface area contributed by atoms with Gasteiger partial charge in [-0.1, -0.05) is 0 Å². The number of rotatable bonds is 5. The van der Waals surface area contributed by atoms with Crippen LogP contribution in [0, 0.1) is 0 Å². The average Bonchev–Trinajstić information content (AvgIpc) is 3.05. The number of carbonyl (C=O) groups is 2. The molecule has 0 fully saturated rings. The molecule has 2 aromatic heterocycles. The Morgan fingerprint density at radius 3 is 2.86 bits per heavy atom. The minimum atomic E-state index is -0.380. The van der Waals surface area contributed by atoms with E-state index in [1.165, 1.54) is 27.0 Å². The number of thiazole rings is 1. The first-order chi connectivity index (χ1) is 9.97. The highest BCUT2D eigenvalue weighted by molar-refractivity contribution is 7.13. The molecule has 9 heteroatoms. The van der Waals surface area contributed by atoms with E-state index in [2.05, 4.69) is 15.4 Å². The zero-order valence-corrected chi connectivity index (χ0v) is 12.7. The van der Waals surface area contributed by atoms with Gasteiger partial charge in [0.25, 0.3) is 11.8 Å². The van der Waals surface area contributed by atoms with E-state index in [1.807, 2.05) is 0 Å². The molecule has 0 spiro atoms. The summed E-state index contributed by atoms with van der Waals surface area (Å²) in [6.45, 7) is -0.111. The molecule has 0 bridgehead atoms. The van der Waals surface area contributed by atoms with Gasteiger partial charge in [0.1, 0.15) is 0 Å². The smallest absolute Gasteiger partial charge is 0.278 e. The molecule has 112 valence electrons. The van der Waals surface area contributed by atoms with Crippen LogP contribution >= 0.6 is 11.3 Å². The molecule has 2 rings (SSSR count). The molecule has 1 N–H and O–H groups in total. The Hall–Kier alpha value is -2.42. The lowest BCUT2D eigenvalue weighted by atomic mass is 10.4. The van der Waals surface area contributed by atoms with Crippen LogP contribution < -0.4 is 10.1 Å². The van der Waals surface area contributed by atoms with Crippen molar-refractivity contribution in [3.8, 4) is 5.88 Å². The first-order valence-corrected chi connectivity index (χ1v) is 6.93. The molecule has 0 aliphatic carbocycles. The highest BCUT2D eigenvalue weighted by atomic mass is 32.1. The number of likely N-dealkylation sites (N-methyl/N-ethyl adjacent to an activating group) is 1. The fraction of sp³-hybridized carbons (Fsp3) is 0.333. The van der Waals surface area contributed by atoms with Crippen molar-refractivity contribution in [2.75, 3.05) is 26.0 Å². The van der Waals surface area contributed by atoms with Crippen LogP contribution in [0.1, 0.15) is 10.5 Å². The van der Waals surface area contributed by atoms with Gasteiger partial charge in [0.05, 0.1) is 0 Å². The van der Waals surface area contributed by atoms with Gasteiger partial charge in [-0.2, -0.15) is 5.10 Å². The molecule has 0 aliphatic heterocycles. The number of aromatic nitrogens is 3. The minimum Gasteiger partial charge on any atom is -0.468 e. The van der Waals surface area contributed by atoms with Gasteiger partial charge in [0, 0.05) is 38.8 Å². The van der Waals surface area contributed by atoms with E-state index in [1.54, 1.807) is 32.7 Å². The van der Waals surface area contributed by atoms with E-state index >= 15 is 0 Å². The summed E-state index contributed by atoms with van der Waals surface area (Å²) in [7, 11) is 4.92. The molecule has 21 heavy (non-hydrogen) atoms. The highest BCUT2D eigenvalue weighted by Gasteiger charge is 2.15. The van der Waals surface area contributed by atoms with Crippen LogP contribution in [0.2, 0.25) is 0 Å². The molecule has 8 nitrogen and oxygen atoms in total. The molecule has 0 unspecified atom stereocenters. The number of hydrogen-bond donors (Lipinski definition) is 1. The number of aryl methyl sites for hydroxylation is 1. The summed E-state index contributed by atoms with van der Waals surface area (Å²) in [5.41, 5.74) is 0.194. The second-order valence-corrected chi connectivity index (χ2v) is 5.25. The van der Waals surface area contributed by atoms with Crippen molar-refractivity contribution in [1.29, 1.82) is 0 Å². The van der Waals surface area contributed by atoms with Gasteiger partial charge >= 0.3 is 0 Å². The van der Waals surface area contributed by atoms with Gasteiger partial charge in [-0.25, -0.2) is 9.67 Å². The van der Waals surface area contributed by atoms with Crippen LogP contribution in [0.4, 0.5) is 5.13 Å². The number of hydrogen-bond acceptors (Lipinski definition) is 6. The molecule has 2 heterocycles. The fourth-order valence-electron chi connectivity index (χ4n) is 1.41. The fourth-order valence-corrected chi connectivity index (χ4v) is 1.93. The Bertz CT molecular complexity index is 635. The summed E-state index contributed by atoms with van der Waals surface area (Å²) in [5, 5.41) is 8.92. The number of ether oxygens (including phenoxy) is 1. The Morgan fingerprint density at radius 1 is 1.48 bits per heavy atom. The van der Waals surface area contributed by atoms with E-state index in [0.717, 1.165) is 0 Å². The van der Waals surface area contributed by atoms with Crippen LogP contribution in [-0.4, -0.2) is 52.2 Å². The third kappa shape index (κ3) is 3.78. The molecule has 0 radical (unpaired) electrons. The molecule has 0 saturated carbocycles. The highest BCUT2D eigenvalue weighted by Crippen LogP contribution is 2.15. The van der Waals surface area contributed by atoms with Crippen molar-refractivity contribution in [2.24, 2.45) is 7.05 Å². The number of nitrogens with one attached hydrogen (secondary N) is 1. The maximum Gasteiger partial charge on any atom is 0.278 e. The topological polar surface area (TPSA) is 89.3 Å². The number of nitrogens with zero attached hydrogens (tertiary/aromatic N) is 4. The van der Waals surface area contributed by atoms with Gasteiger partial charge < -0.3 is 9.64 Å². The molecule has 2 amide bonds. The summed E-state index contributed by atoms with van der Waals surface area (Å²) < 4.78 is 6.74. The predicted octanol–water partition coefficient (Wildman–Crippen LogP) is 0.596. The van der Waals surface area contributed by atoms with Crippen LogP contribution in [-0.2, 0) is 11.8 Å². The van der Waals surface area contributed by atoms with E-state index in [0.29, 0.717) is 11.0 Å². The van der Waals surface area contributed by atoms with Gasteiger partial charge in [0.2, 0.25) is 5.88 Å². The van der Waals surface area contributed by atoms with Crippen molar-refractivity contribution in [3.05, 3.63) is 23.3 Å². The molecule has 0 aliphatic rings. The maximum absolute atomic E-state index is 12.0. The van der Waals surface area contributed by atoms with Crippen LogP contribution in [0.15, 0.2) is 17.6 Å². The lowest BCUT2D eigenvalue weighted by Gasteiger charge is -2.10. The molecule has 0 aromatic carbocycles. The second-order valence-electron chi connectivity index (χ2n) is 4.36. The zero-order valence-electron chi connectivity index (χ0n) is 11.9. The molecule has 0 atom stereocenters. The normalized spacial score (nSPS) is 10.2. The summed E-state index contributed by atoms with van der Waals surface area (Å²) >= 11 is 1.32. The standard InChI is InChI=1S/C12H15N5O3S/c1-16(2)9(18)7-20-10-6-8(15-17(10)3)11(19)14-12-13-4-5-21-12/h4-6H,7H2,1-3H3,(H,13,14,19). The van der Waals surface area contributed by atoms with Crippen LogP contribution in [0.3, 0.4) is 0 Å². The van der Waals surface area contributed by atoms with Crippen LogP contribution in [0.25, 0.3) is 0 Å². The SMILES string of the molecule is CN(C)C(=O)COc1cc(C(=O)Nc2nccs2)nn1C. The second kappa shape index (κ2) is 6.35. The van der Waals surface area contributed by atoms with Gasteiger partial charge in [-0.15, -0.1) is 11.3 Å². The van der Waals surface area contributed by atoms with Crippen molar-refractivity contribution in [3.63, 3.8) is 0 Å². The number of amides is 2. The Morgan fingerprint density at radius 2 is 2.24 bits per heavy atom. The maximum atomic E-state index is 12.0. The molecular formula is C12H15N5O3S. The lowest BCUT2D eigenvalue weighted by molar-refractivity contribution is -0.130. The monoisotopic (exact) mass is 309 g/mol. The van der Waals surface area contributed by atoms with E-state index < -0.39 is 0 Å². The van der Waals surface area contributed by atoms with Crippen LogP contribution in [0.5, 0.6) is 5.88 Å². The zero-order chi connectivity index (χ0) is 15.4. The Labute approximate surface area is 125 Å². The summed E-state index contributed by atoms with van der Waals surface area (Å²) in [4.78, 5) is 28.8. The van der Waals surface area contributed by atoms with E-state index in [-0.39, 0.29) is 24.1 Å². The Kier molecular flexibility index (Phi) is 4.53. The van der Waals surface area contributed by atoms with Crippen molar-refractivity contribution in [2.45, 2.75) is 0 Å². The third-order valence-corrected chi connectivity index (χ3v) is 3.25. The predicted molar refractivity (Wildman–Crippen MR) is 77.5 cm³/mol. The molecule has 2 aromatic rings. The summed E-state index contributed by atoms with van der Waals surface area (Å²) in [6.07, 6.45) is 1.60. The van der Waals surface area contributed by atoms with E-state index in [4.69, 9.17) is 4.74 Å². The summed E-state index contributed by atoms with van der Waals surface area (Å²) in [5.74, 6) is -0.214. The van der Waals surface area contributed by atoms with Gasteiger partial charge in [0.15, 0.2) is 17.4 Å². The van der Waals surface area contributed by atoms with Crippen molar-refractivity contribution in [1.82, 2.24) is 19.7 Å². The first-order valence-electron chi connectivity index (χ1n) is 6.05. The lowest BCUT2D eigenvalue weighted by Crippen LogP contribution is -2.27. The number of anilines is 1. The van der Waals surface area contributed by atoms with Gasteiger partial charge in [-0.05, 0) is 0 Å². The van der Waals surface area contributed by atoms with Crippen molar-refractivity contribution < 1.29 is 14.3 Å². The first kappa shape index (κ1) is 15.0. The third-order valence-electron chi connectivity index (χ3n) is 2.56. The van der Waals surface area contributed by atoms with Crippen molar-refractivity contribution >= 4 is 28.3 Å². The summed E-state index contributed by atoms with van der Waals surface area (Å²) in [6, 6.07) is 1.48. The quantitative estimate of drug-likeness (QED) is 0.873. The molecule has 0 saturated heterocycles. The molecular weight excluding hydrogens is 294 g/mol.